The van der Waals surface area contributed by atoms with E-state index < -0.39 is 0 Å². The molecule has 5 heteroatoms. The van der Waals surface area contributed by atoms with Gasteiger partial charge in [-0.1, -0.05) is 42.2 Å². The Hall–Kier alpha value is -3.88. The maximum absolute atomic E-state index is 12.2. The van der Waals surface area contributed by atoms with Crippen molar-refractivity contribution in [3.05, 3.63) is 106 Å². The summed E-state index contributed by atoms with van der Waals surface area (Å²) in [5.41, 5.74) is 4.11. The van der Waals surface area contributed by atoms with Crippen LogP contribution in [0.3, 0.4) is 0 Å². The topological polar surface area (TPSA) is 58.4 Å². The monoisotopic (exact) mass is 449 g/mol. The van der Waals surface area contributed by atoms with Gasteiger partial charge in [-0.05, 0) is 55.6 Å². The maximum atomic E-state index is 12.2. The Bertz CT molecular complexity index is 1360. The van der Waals surface area contributed by atoms with Crippen LogP contribution in [0.2, 0.25) is 0 Å². The Morgan fingerprint density at radius 3 is 2.65 bits per heavy atom. The van der Waals surface area contributed by atoms with Crippen molar-refractivity contribution in [1.82, 2.24) is 10.3 Å². The van der Waals surface area contributed by atoms with Crippen molar-refractivity contribution in [2.45, 2.75) is 25.3 Å². The quantitative estimate of drug-likeness (QED) is 0.362. The summed E-state index contributed by atoms with van der Waals surface area (Å²) in [6, 6.07) is 22.4. The Morgan fingerprint density at radius 1 is 1.00 bits per heavy atom. The third-order valence-electron chi connectivity index (χ3n) is 6.28. The van der Waals surface area contributed by atoms with Gasteiger partial charge in [-0.15, -0.1) is 0 Å². The summed E-state index contributed by atoms with van der Waals surface area (Å²) in [7, 11) is 0. The number of aromatic nitrogens is 1. The maximum Gasteiger partial charge on any atom is 0.337 e. The Balaban J connectivity index is 1.24. The van der Waals surface area contributed by atoms with E-state index in [1.54, 1.807) is 12.4 Å². The van der Waals surface area contributed by atoms with Gasteiger partial charge in [0.15, 0.2) is 0 Å². The molecule has 4 aromatic rings. The van der Waals surface area contributed by atoms with Crippen molar-refractivity contribution in [3.63, 3.8) is 0 Å². The van der Waals surface area contributed by atoms with E-state index in [4.69, 9.17) is 4.42 Å². The van der Waals surface area contributed by atoms with Crippen LogP contribution < -0.4 is 15.8 Å². The lowest BCUT2D eigenvalue weighted by molar-refractivity contribution is 0.417. The molecule has 0 radical (unpaired) electrons. The fourth-order valence-corrected chi connectivity index (χ4v) is 4.43. The molecule has 2 aromatic carbocycles. The van der Waals surface area contributed by atoms with E-state index in [0.717, 1.165) is 55.5 Å². The number of nitrogens with zero attached hydrogens (tertiary/aromatic N) is 2. The van der Waals surface area contributed by atoms with Gasteiger partial charge in [0.05, 0.1) is 0 Å². The van der Waals surface area contributed by atoms with Gasteiger partial charge < -0.3 is 14.6 Å². The van der Waals surface area contributed by atoms with Gasteiger partial charge >= 0.3 is 5.63 Å². The van der Waals surface area contributed by atoms with E-state index in [1.165, 1.54) is 11.6 Å². The Kier molecular flexibility index (Phi) is 6.69. The lowest BCUT2D eigenvalue weighted by atomic mass is 10.0. The summed E-state index contributed by atoms with van der Waals surface area (Å²) in [6.45, 7) is 2.94. The first-order valence-electron chi connectivity index (χ1n) is 11.8. The Labute approximate surface area is 199 Å². The average molecular weight is 450 g/mol. The molecule has 1 N–H and O–H groups in total. The van der Waals surface area contributed by atoms with E-state index in [0.29, 0.717) is 17.2 Å². The molecule has 0 saturated carbocycles. The van der Waals surface area contributed by atoms with E-state index in [1.807, 2.05) is 24.3 Å². The van der Waals surface area contributed by atoms with Crippen molar-refractivity contribution in [2.75, 3.05) is 24.5 Å². The first-order valence-corrected chi connectivity index (χ1v) is 11.8. The predicted molar refractivity (Wildman–Crippen MR) is 136 cm³/mol. The summed E-state index contributed by atoms with van der Waals surface area (Å²) in [5.74, 6) is 6.19. The van der Waals surface area contributed by atoms with Crippen LogP contribution >= 0.6 is 0 Å². The summed E-state index contributed by atoms with van der Waals surface area (Å²) in [6.07, 6.45) is 6.65. The zero-order valence-electron chi connectivity index (χ0n) is 19.0. The summed E-state index contributed by atoms with van der Waals surface area (Å²) >= 11 is 0. The molecule has 5 nitrogen and oxygen atoms in total. The van der Waals surface area contributed by atoms with Crippen LogP contribution in [0.15, 0.2) is 88.3 Å². The fourth-order valence-electron chi connectivity index (χ4n) is 4.43. The molecule has 0 unspecified atom stereocenters. The molecule has 5 rings (SSSR count). The molecule has 34 heavy (non-hydrogen) atoms. The molecular formula is C29H27N3O2. The summed E-state index contributed by atoms with van der Waals surface area (Å²) < 4.78 is 5.53. The smallest absolute Gasteiger partial charge is 0.337 e. The van der Waals surface area contributed by atoms with Gasteiger partial charge in [0, 0.05) is 65.9 Å². The van der Waals surface area contributed by atoms with Gasteiger partial charge in [0.25, 0.3) is 0 Å². The van der Waals surface area contributed by atoms with Crippen molar-refractivity contribution < 1.29 is 4.42 Å². The number of nitrogens with one attached hydrogen (secondary N) is 1. The second kappa shape index (κ2) is 10.4. The molecule has 2 aromatic heterocycles. The normalized spacial score (nSPS) is 14.1. The number of anilines is 1. The highest BCUT2D eigenvalue weighted by molar-refractivity contribution is 5.86. The second-order valence-electron chi connectivity index (χ2n) is 8.60. The minimum Gasteiger partial charge on any atom is -0.423 e. The zero-order chi connectivity index (χ0) is 23.2. The van der Waals surface area contributed by atoms with Gasteiger partial charge in [0.2, 0.25) is 0 Å². The third kappa shape index (κ3) is 5.36. The Morgan fingerprint density at radius 2 is 1.85 bits per heavy atom. The summed E-state index contributed by atoms with van der Waals surface area (Å²) in [4.78, 5) is 18.6. The molecule has 1 aliphatic rings. The van der Waals surface area contributed by atoms with Crippen LogP contribution in [0.5, 0.6) is 0 Å². The van der Waals surface area contributed by atoms with E-state index >= 15 is 0 Å². The molecular weight excluding hydrogens is 422 g/mol. The zero-order valence-corrected chi connectivity index (χ0v) is 19.0. The van der Waals surface area contributed by atoms with Gasteiger partial charge in [-0.3, -0.25) is 4.98 Å². The van der Waals surface area contributed by atoms with E-state index in [9.17, 15) is 4.79 Å². The molecule has 0 aliphatic carbocycles. The van der Waals surface area contributed by atoms with Gasteiger partial charge in [-0.25, -0.2) is 4.79 Å². The predicted octanol–water partition coefficient (Wildman–Crippen LogP) is 4.39. The first kappa shape index (κ1) is 21.9. The van der Waals surface area contributed by atoms with Crippen LogP contribution in [0, 0.1) is 11.8 Å². The highest BCUT2D eigenvalue weighted by Gasteiger charge is 2.19. The average Bonchev–Trinajstić information content (AvgIpc) is 2.88. The number of piperidine rings is 1. The van der Waals surface area contributed by atoms with E-state index in [-0.39, 0.29) is 5.63 Å². The molecule has 0 spiro atoms. The minimum absolute atomic E-state index is 0.388. The van der Waals surface area contributed by atoms with Gasteiger partial charge in [0.1, 0.15) is 5.58 Å². The number of benzene rings is 2. The number of hydrogen-bond donors (Lipinski definition) is 1. The highest BCUT2D eigenvalue weighted by Crippen LogP contribution is 2.26. The lowest BCUT2D eigenvalue weighted by Gasteiger charge is -2.34. The number of rotatable bonds is 5. The van der Waals surface area contributed by atoms with Crippen LogP contribution in [0.25, 0.3) is 11.0 Å². The number of pyridine rings is 1. The standard InChI is InChI=1S/C29H27N3O2/c33-29-19-24(9-8-23-7-4-15-30-21-23)27-11-10-26(20-28(27)34-29)32-17-13-25(14-18-32)31-16-12-22-5-2-1-3-6-22/h1-7,10-11,15,19-21,25,31H,12-14,16-18H2. The molecule has 1 saturated heterocycles. The van der Waals surface area contributed by atoms with E-state index in [2.05, 4.69) is 63.4 Å². The molecule has 3 heterocycles. The fraction of sp³-hybridized carbons (Fsp3) is 0.241. The van der Waals surface area contributed by atoms with Crippen LogP contribution in [-0.4, -0.2) is 30.7 Å². The van der Waals surface area contributed by atoms with Crippen molar-refractivity contribution in [3.8, 4) is 11.8 Å². The molecule has 1 fully saturated rings. The number of fused-ring (bicyclic) bond motifs is 1. The van der Waals surface area contributed by atoms with Crippen molar-refractivity contribution in [1.29, 1.82) is 0 Å². The van der Waals surface area contributed by atoms with Crippen LogP contribution in [0.4, 0.5) is 5.69 Å². The molecule has 1 aliphatic heterocycles. The summed E-state index contributed by atoms with van der Waals surface area (Å²) in [5, 5.41) is 4.55. The van der Waals surface area contributed by atoms with Crippen molar-refractivity contribution in [2.24, 2.45) is 0 Å². The SMILES string of the molecule is O=c1cc(C#Cc2cccnc2)c2ccc(N3CCC(NCCc4ccccc4)CC3)cc2o1. The second-order valence-corrected chi connectivity index (χ2v) is 8.60. The van der Waals surface area contributed by atoms with Crippen LogP contribution in [-0.2, 0) is 6.42 Å². The van der Waals surface area contributed by atoms with Crippen molar-refractivity contribution >= 4 is 16.7 Å². The molecule has 170 valence electrons. The van der Waals surface area contributed by atoms with Crippen LogP contribution in [0.1, 0.15) is 29.5 Å². The molecule has 0 bridgehead atoms. The number of hydrogen-bond acceptors (Lipinski definition) is 5. The largest absolute Gasteiger partial charge is 0.423 e. The van der Waals surface area contributed by atoms with Gasteiger partial charge in [-0.2, -0.15) is 0 Å². The highest BCUT2D eigenvalue weighted by atomic mass is 16.4. The first-order chi connectivity index (χ1) is 16.7. The lowest BCUT2D eigenvalue weighted by Crippen LogP contribution is -2.43. The molecule has 0 amide bonds. The molecule has 0 atom stereocenters. The minimum atomic E-state index is -0.388. The third-order valence-corrected chi connectivity index (χ3v) is 6.28.